The summed E-state index contributed by atoms with van der Waals surface area (Å²) in [6.45, 7) is 2.96. The van der Waals surface area contributed by atoms with Gasteiger partial charge in [-0.1, -0.05) is 11.6 Å². The van der Waals surface area contributed by atoms with E-state index in [1.54, 1.807) is 11.8 Å². The zero-order chi connectivity index (χ0) is 14.7. The van der Waals surface area contributed by atoms with Crippen molar-refractivity contribution in [3.05, 3.63) is 46.9 Å². The summed E-state index contributed by atoms with van der Waals surface area (Å²) in [5.74, 6) is 3.27. The van der Waals surface area contributed by atoms with Gasteiger partial charge < -0.3 is 5.32 Å². The van der Waals surface area contributed by atoms with Gasteiger partial charge in [0, 0.05) is 34.1 Å². The van der Waals surface area contributed by atoms with E-state index in [4.69, 9.17) is 16.6 Å². The zero-order valence-corrected chi connectivity index (χ0v) is 13.5. The Balaban J connectivity index is 1.72. The van der Waals surface area contributed by atoms with Gasteiger partial charge in [-0.05, 0) is 44.0 Å². The summed E-state index contributed by atoms with van der Waals surface area (Å²) >= 11 is 7.64. The van der Waals surface area contributed by atoms with Crippen LogP contribution in [-0.4, -0.2) is 16.5 Å². The lowest BCUT2D eigenvalue weighted by Crippen LogP contribution is -2.05. The van der Waals surface area contributed by atoms with Crippen LogP contribution in [0.4, 0.5) is 5.82 Å². The van der Waals surface area contributed by atoms with Crippen molar-refractivity contribution in [3.63, 3.8) is 0 Å². The molecule has 0 atom stereocenters. The highest BCUT2D eigenvalue weighted by atomic mass is 35.5. The summed E-state index contributed by atoms with van der Waals surface area (Å²) in [6, 6.07) is 9.98. The SMILES string of the molecule is CCNc1cc(C2CC2)nc(CSc2ccc(Cl)cc2)n1. The van der Waals surface area contributed by atoms with Crippen LogP contribution in [0.15, 0.2) is 35.2 Å². The molecule has 0 amide bonds. The van der Waals surface area contributed by atoms with Gasteiger partial charge in [0.15, 0.2) is 0 Å². The first kappa shape index (κ1) is 14.7. The minimum absolute atomic E-state index is 0.643. The fraction of sp³-hybridized carbons (Fsp3) is 0.375. The van der Waals surface area contributed by atoms with Crippen LogP contribution >= 0.6 is 23.4 Å². The van der Waals surface area contributed by atoms with Gasteiger partial charge >= 0.3 is 0 Å². The molecule has 0 spiro atoms. The summed E-state index contributed by atoms with van der Waals surface area (Å²) in [5.41, 5.74) is 1.19. The molecule has 1 aliphatic carbocycles. The highest BCUT2D eigenvalue weighted by Gasteiger charge is 2.26. The van der Waals surface area contributed by atoms with Crippen LogP contribution in [0.5, 0.6) is 0 Å². The molecule has 3 rings (SSSR count). The van der Waals surface area contributed by atoms with E-state index in [1.807, 2.05) is 24.3 Å². The predicted molar refractivity (Wildman–Crippen MR) is 89.2 cm³/mol. The standard InChI is InChI=1S/C16H18ClN3S/c1-2-18-15-9-14(11-3-4-11)19-16(20-15)10-21-13-7-5-12(17)6-8-13/h5-9,11H,2-4,10H2,1H3,(H,18,19,20). The number of rotatable bonds is 6. The average Bonchev–Trinajstić information content (AvgIpc) is 3.31. The summed E-state index contributed by atoms with van der Waals surface area (Å²) in [5, 5.41) is 4.06. The number of aromatic nitrogens is 2. The van der Waals surface area contributed by atoms with Crippen molar-refractivity contribution in [2.75, 3.05) is 11.9 Å². The van der Waals surface area contributed by atoms with E-state index in [2.05, 4.69) is 23.3 Å². The third-order valence-corrected chi connectivity index (χ3v) is 4.59. The van der Waals surface area contributed by atoms with Crippen LogP contribution in [0.3, 0.4) is 0 Å². The summed E-state index contributed by atoms with van der Waals surface area (Å²) < 4.78 is 0. The van der Waals surface area contributed by atoms with Gasteiger partial charge in [0.25, 0.3) is 0 Å². The molecule has 0 bridgehead atoms. The van der Waals surface area contributed by atoms with E-state index in [1.165, 1.54) is 23.4 Å². The molecule has 1 aromatic carbocycles. The third-order valence-electron chi connectivity index (χ3n) is 3.33. The molecular formula is C16H18ClN3S. The number of nitrogens with one attached hydrogen (secondary N) is 1. The lowest BCUT2D eigenvalue weighted by Gasteiger charge is -2.08. The molecule has 1 heterocycles. The van der Waals surface area contributed by atoms with E-state index >= 15 is 0 Å². The molecule has 0 saturated heterocycles. The van der Waals surface area contributed by atoms with Crippen LogP contribution in [-0.2, 0) is 5.75 Å². The number of hydrogen-bond acceptors (Lipinski definition) is 4. The molecule has 21 heavy (non-hydrogen) atoms. The molecule has 1 N–H and O–H groups in total. The molecule has 2 aromatic rings. The molecule has 1 aromatic heterocycles. The van der Waals surface area contributed by atoms with Crippen LogP contribution in [0.2, 0.25) is 5.02 Å². The molecule has 1 aliphatic rings. The van der Waals surface area contributed by atoms with E-state index in [0.29, 0.717) is 5.92 Å². The van der Waals surface area contributed by atoms with Gasteiger partial charge in [0.1, 0.15) is 11.6 Å². The number of hydrogen-bond donors (Lipinski definition) is 1. The topological polar surface area (TPSA) is 37.8 Å². The molecular weight excluding hydrogens is 302 g/mol. The average molecular weight is 320 g/mol. The third kappa shape index (κ3) is 4.11. The van der Waals surface area contributed by atoms with Crippen LogP contribution in [0.1, 0.15) is 37.2 Å². The van der Waals surface area contributed by atoms with Crippen LogP contribution < -0.4 is 5.32 Å². The summed E-state index contributed by atoms with van der Waals surface area (Å²) in [6.07, 6.45) is 2.51. The minimum atomic E-state index is 0.643. The first-order valence-corrected chi connectivity index (χ1v) is 8.61. The molecule has 1 fully saturated rings. The lowest BCUT2D eigenvalue weighted by molar-refractivity contribution is 0.928. The second-order valence-electron chi connectivity index (χ2n) is 5.14. The molecule has 0 aliphatic heterocycles. The fourth-order valence-electron chi connectivity index (χ4n) is 2.12. The number of nitrogens with zero attached hydrogens (tertiary/aromatic N) is 2. The number of halogens is 1. The minimum Gasteiger partial charge on any atom is -0.370 e. The molecule has 3 nitrogen and oxygen atoms in total. The normalized spacial score (nSPS) is 14.2. The van der Waals surface area contributed by atoms with Gasteiger partial charge in [0.05, 0.1) is 5.75 Å². The number of benzene rings is 1. The van der Waals surface area contributed by atoms with Crippen molar-refractivity contribution >= 4 is 29.2 Å². The molecule has 110 valence electrons. The monoisotopic (exact) mass is 319 g/mol. The van der Waals surface area contributed by atoms with Crippen molar-refractivity contribution in [1.29, 1.82) is 0 Å². The molecule has 1 saturated carbocycles. The Bertz CT molecular complexity index is 611. The maximum Gasteiger partial charge on any atom is 0.141 e. The van der Waals surface area contributed by atoms with Gasteiger partial charge in [0.2, 0.25) is 0 Å². The van der Waals surface area contributed by atoms with Gasteiger partial charge in [-0.15, -0.1) is 11.8 Å². The van der Waals surface area contributed by atoms with Crippen molar-refractivity contribution < 1.29 is 0 Å². The quantitative estimate of drug-likeness (QED) is 0.781. The Kier molecular flexibility index (Phi) is 4.66. The first-order valence-electron chi connectivity index (χ1n) is 7.24. The molecule has 0 unspecified atom stereocenters. The molecule has 5 heteroatoms. The second kappa shape index (κ2) is 6.67. The van der Waals surface area contributed by atoms with E-state index in [0.717, 1.165) is 29.0 Å². The van der Waals surface area contributed by atoms with Crippen LogP contribution in [0.25, 0.3) is 0 Å². The zero-order valence-electron chi connectivity index (χ0n) is 12.0. The maximum absolute atomic E-state index is 5.90. The van der Waals surface area contributed by atoms with Crippen LogP contribution in [0, 0.1) is 0 Å². The van der Waals surface area contributed by atoms with Gasteiger partial charge in [-0.25, -0.2) is 9.97 Å². The summed E-state index contributed by atoms with van der Waals surface area (Å²) in [4.78, 5) is 10.5. The highest BCUT2D eigenvalue weighted by Crippen LogP contribution is 2.39. The van der Waals surface area contributed by atoms with Crippen molar-refractivity contribution in [1.82, 2.24) is 9.97 Å². The highest BCUT2D eigenvalue weighted by molar-refractivity contribution is 7.98. The Morgan fingerprint density at radius 2 is 2.00 bits per heavy atom. The van der Waals surface area contributed by atoms with E-state index in [9.17, 15) is 0 Å². The number of anilines is 1. The second-order valence-corrected chi connectivity index (χ2v) is 6.63. The van der Waals surface area contributed by atoms with E-state index in [-0.39, 0.29) is 0 Å². The smallest absolute Gasteiger partial charge is 0.141 e. The Morgan fingerprint density at radius 1 is 1.24 bits per heavy atom. The fourth-order valence-corrected chi connectivity index (χ4v) is 3.00. The largest absolute Gasteiger partial charge is 0.370 e. The van der Waals surface area contributed by atoms with Gasteiger partial charge in [-0.2, -0.15) is 0 Å². The Labute approximate surface area is 134 Å². The van der Waals surface area contributed by atoms with Crippen molar-refractivity contribution in [2.24, 2.45) is 0 Å². The first-order chi connectivity index (χ1) is 10.2. The predicted octanol–water partition coefficient (Wildman–Crippen LogP) is 4.73. The van der Waals surface area contributed by atoms with Gasteiger partial charge in [-0.3, -0.25) is 0 Å². The number of thioether (sulfide) groups is 1. The Hall–Kier alpha value is -1.26. The lowest BCUT2D eigenvalue weighted by atomic mass is 10.2. The van der Waals surface area contributed by atoms with Crippen molar-refractivity contribution in [2.45, 2.75) is 36.3 Å². The maximum atomic E-state index is 5.90. The van der Waals surface area contributed by atoms with E-state index < -0.39 is 0 Å². The van der Waals surface area contributed by atoms with Crippen molar-refractivity contribution in [3.8, 4) is 0 Å². The Morgan fingerprint density at radius 3 is 2.67 bits per heavy atom. The summed E-state index contributed by atoms with van der Waals surface area (Å²) in [7, 11) is 0. The molecule has 0 radical (unpaired) electrons.